The molecule has 0 bridgehead atoms. The van der Waals surface area contributed by atoms with Gasteiger partial charge in [0.05, 0.1) is 0 Å². The lowest BCUT2D eigenvalue weighted by Gasteiger charge is -2.19. The highest BCUT2D eigenvalue weighted by Crippen LogP contribution is 2.06. The number of alkyl carbamates (subject to hydrolysis) is 1. The third-order valence-electron chi connectivity index (χ3n) is 2.76. The van der Waals surface area contributed by atoms with Crippen LogP contribution in [0.1, 0.15) is 53.9 Å². The minimum Gasteiger partial charge on any atom is -0.444 e. The van der Waals surface area contributed by atoms with Crippen molar-refractivity contribution in [1.29, 1.82) is 0 Å². The van der Waals surface area contributed by atoms with Crippen molar-refractivity contribution >= 4 is 12.0 Å². The number of nitrogens with one attached hydrogen (secondary N) is 2. The van der Waals surface area contributed by atoms with Crippen LogP contribution in [0.2, 0.25) is 0 Å². The molecule has 0 unspecified atom stereocenters. The Morgan fingerprint density at radius 2 is 1.68 bits per heavy atom. The summed E-state index contributed by atoms with van der Waals surface area (Å²) < 4.78 is 5.07. The van der Waals surface area contributed by atoms with Crippen LogP contribution in [0.25, 0.3) is 0 Å². The maximum atomic E-state index is 11.5. The van der Waals surface area contributed by atoms with Gasteiger partial charge in [0.25, 0.3) is 0 Å². The Hall–Kier alpha value is -1.26. The van der Waals surface area contributed by atoms with Crippen LogP contribution in [-0.2, 0) is 9.53 Å². The summed E-state index contributed by atoms with van der Waals surface area (Å²) in [5.74, 6) is 0.491. The van der Waals surface area contributed by atoms with Crippen LogP contribution in [0.15, 0.2) is 0 Å². The number of hydrogen-bond donors (Lipinski definition) is 2. The summed E-state index contributed by atoms with van der Waals surface area (Å²) in [4.78, 5) is 22.9. The summed E-state index contributed by atoms with van der Waals surface area (Å²) in [5, 5.41) is 5.44. The molecule has 0 heterocycles. The van der Waals surface area contributed by atoms with E-state index in [1.807, 2.05) is 0 Å². The fourth-order valence-corrected chi connectivity index (χ4v) is 1.52. The number of ether oxygens (including phenoxy) is 1. The van der Waals surface area contributed by atoms with Crippen LogP contribution in [-0.4, -0.2) is 30.7 Å². The topological polar surface area (TPSA) is 67.4 Å². The summed E-state index contributed by atoms with van der Waals surface area (Å²) in [5.41, 5.74) is -0.512. The van der Waals surface area contributed by atoms with E-state index >= 15 is 0 Å². The predicted molar refractivity (Wildman–Crippen MR) is 75.9 cm³/mol. The minimum atomic E-state index is -0.512. The van der Waals surface area contributed by atoms with Gasteiger partial charge in [-0.05, 0) is 26.7 Å². The first kappa shape index (κ1) is 17.7. The molecule has 0 aliphatic rings. The molecule has 19 heavy (non-hydrogen) atoms. The first-order valence-electron chi connectivity index (χ1n) is 7.02. The number of amides is 2. The molecular weight excluding hydrogens is 244 g/mol. The van der Waals surface area contributed by atoms with E-state index in [0.717, 1.165) is 12.8 Å². The van der Waals surface area contributed by atoms with Gasteiger partial charge in [0.1, 0.15) is 5.60 Å². The van der Waals surface area contributed by atoms with Crippen LogP contribution >= 0.6 is 0 Å². The normalized spacial score (nSPS) is 11.3. The molecule has 0 spiro atoms. The Kier molecular flexibility index (Phi) is 8.19. The van der Waals surface area contributed by atoms with Crippen molar-refractivity contribution in [2.24, 2.45) is 5.92 Å². The standard InChI is InChI=1S/C14H28N2O3/c1-6-11(7-2)10-16-12(17)8-9-15-13(18)19-14(3,4)5/h11H,6-10H2,1-5H3,(H,15,18)(H,16,17). The van der Waals surface area contributed by atoms with Gasteiger partial charge in [-0.3, -0.25) is 4.79 Å². The highest BCUT2D eigenvalue weighted by molar-refractivity contribution is 5.77. The molecule has 2 N–H and O–H groups in total. The second-order valence-electron chi connectivity index (χ2n) is 5.67. The summed E-state index contributed by atoms with van der Waals surface area (Å²) in [7, 11) is 0. The summed E-state index contributed by atoms with van der Waals surface area (Å²) in [6.45, 7) is 10.6. The highest BCUT2D eigenvalue weighted by atomic mass is 16.6. The van der Waals surface area contributed by atoms with Gasteiger partial charge in [-0.15, -0.1) is 0 Å². The van der Waals surface area contributed by atoms with Gasteiger partial charge in [0.2, 0.25) is 5.91 Å². The van der Waals surface area contributed by atoms with Gasteiger partial charge in [-0.25, -0.2) is 4.79 Å². The molecule has 0 aliphatic heterocycles. The smallest absolute Gasteiger partial charge is 0.407 e. The SMILES string of the molecule is CCC(CC)CNC(=O)CCNC(=O)OC(C)(C)C. The second kappa shape index (κ2) is 8.77. The minimum absolute atomic E-state index is 0.0389. The van der Waals surface area contributed by atoms with Gasteiger partial charge < -0.3 is 15.4 Å². The fraction of sp³-hybridized carbons (Fsp3) is 0.857. The van der Waals surface area contributed by atoms with Crippen molar-refractivity contribution in [1.82, 2.24) is 10.6 Å². The van der Waals surface area contributed by atoms with E-state index in [0.29, 0.717) is 19.0 Å². The molecule has 0 aromatic carbocycles. The van der Waals surface area contributed by atoms with E-state index in [1.165, 1.54) is 0 Å². The highest BCUT2D eigenvalue weighted by Gasteiger charge is 2.15. The van der Waals surface area contributed by atoms with Crippen molar-refractivity contribution in [3.63, 3.8) is 0 Å². The van der Waals surface area contributed by atoms with Crippen LogP contribution < -0.4 is 10.6 Å². The lowest BCUT2D eigenvalue weighted by molar-refractivity contribution is -0.121. The van der Waals surface area contributed by atoms with E-state index in [2.05, 4.69) is 24.5 Å². The third kappa shape index (κ3) is 10.4. The first-order valence-corrected chi connectivity index (χ1v) is 7.02. The van der Waals surface area contributed by atoms with E-state index in [1.54, 1.807) is 20.8 Å². The van der Waals surface area contributed by atoms with E-state index in [-0.39, 0.29) is 12.3 Å². The molecule has 2 amide bonds. The molecular formula is C14H28N2O3. The second-order valence-corrected chi connectivity index (χ2v) is 5.67. The van der Waals surface area contributed by atoms with Gasteiger partial charge >= 0.3 is 6.09 Å². The Labute approximate surface area is 116 Å². The molecule has 5 nitrogen and oxygen atoms in total. The molecule has 0 rings (SSSR count). The van der Waals surface area contributed by atoms with Gasteiger partial charge in [0.15, 0.2) is 0 Å². The predicted octanol–water partition coefficient (Wildman–Crippen LogP) is 2.45. The molecule has 0 atom stereocenters. The number of rotatable bonds is 7. The lowest BCUT2D eigenvalue weighted by Crippen LogP contribution is -2.36. The number of carbonyl (C=O) groups is 2. The zero-order valence-corrected chi connectivity index (χ0v) is 12.8. The van der Waals surface area contributed by atoms with E-state index in [4.69, 9.17) is 4.74 Å². The third-order valence-corrected chi connectivity index (χ3v) is 2.76. The molecule has 0 radical (unpaired) electrons. The average Bonchev–Trinajstić information content (AvgIpc) is 2.28. The Balaban J connectivity index is 3.72. The van der Waals surface area contributed by atoms with Crippen LogP contribution in [0.5, 0.6) is 0 Å². The van der Waals surface area contributed by atoms with Crippen LogP contribution in [0.3, 0.4) is 0 Å². The zero-order valence-electron chi connectivity index (χ0n) is 12.8. The summed E-state index contributed by atoms with van der Waals surface area (Å²) in [6, 6.07) is 0. The lowest BCUT2D eigenvalue weighted by atomic mass is 10.0. The Morgan fingerprint density at radius 1 is 1.11 bits per heavy atom. The van der Waals surface area contributed by atoms with Crippen LogP contribution in [0, 0.1) is 5.92 Å². The van der Waals surface area contributed by atoms with Gasteiger partial charge in [0, 0.05) is 19.5 Å². The van der Waals surface area contributed by atoms with Gasteiger partial charge in [-0.1, -0.05) is 26.7 Å². The molecule has 0 aromatic heterocycles. The largest absolute Gasteiger partial charge is 0.444 e. The maximum absolute atomic E-state index is 11.5. The molecule has 5 heteroatoms. The Bertz CT molecular complexity index is 281. The average molecular weight is 272 g/mol. The van der Waals surface area contributed by atoms with Crippen molar-refractivity contribution in [2.45, 2.75) is 59.5 Å². The number of hydrogen-bond acceptors (Lipinski definition) is 3. The van der Waals surface area contributed by atoms with Crippen molar-refractivity contribution in [2.75, 3.05) is 13.1 Å². The molecule has 0 saturated carbocycles. The molecule has 112 valence electrons. The van der Waals surface area contributed by atoms with E-state index in [9.17, 15) is 9.59 Å². The molecule has 0 saturated heterocycles. The van der Waals surface area contributed by atoms with Crippen molar-refractivity contribution in [3.05, 3.63) is 0 Å². The van der Waals surface area contributed by atoms with Crippen molar-refractivity contribution in [3.8, 4) is 0 Å². The molecule has 0 fully saturated rings. The summed E-state index contributed by atoms with van der Waals surface area (Å²) >= 11 is 0. The molecule has 0 aliphatic carbocycles. The zero-order chi connectivity index (χ0) is 14.9. The quantitative estimate of drug-likeness (QED) is 0.748. The first-order chi connectivity index (χ1) is 8.78. The maximum Gasteiger partial charge on any atom is 0.407 e. The van der Waals surface area contributed by atoms with Crippen LogP contribution in [0.4, 0.5) is 4.79 Å². The fourth-order valence-electron chi connectivity index (χ4n) is 1.52. The van der Waals surface area contributed by atoms with Gasteiger partial charge in [-0.2, -0.15) is 0 Å². The number of carbonyl (C=O) groups excluding carboxylic acids is 2. The van der Waals surface area contributed by atoms with Crippen molar-refractivity contribution < 1.29 is 14.3 Å². The molecule has 0 aromatic rings. The summed E-state index contributed by atoms with van der Waals surface area (Å²) in [6.07, 6.45) is 1.92. The Morgan fingerprint density at radius 3 is 2.16 bits per heavy atom. The van der Waals surface area contributed by atoms with E-state index < -0.39 is 11.7 Å². The monoisotopic (exact) mass is 272 g/mol.